The molecular weight excluding hydrogens is 418 g/mol. The molecule has 148 valence electrons. The molecule has 2 atom stereocenters. The molecule has 1 aromatic carbocycles. The molecule has 28 heavy (non-hydrogen) atoms. The fourth-order valence-electron chi connectivity index (χ4n) is 4.15. The van der Waals surface area contributed by atoms with E-state index in [0.717, 1.165) is 48.2 Å². The zero-order chi connectivity index (χ0) is 19.7. The number of benzene rings is 1. The number of carbonyl (C=O) groups is 1. The van der Waals surface area contributed by atoms with Crippen LogP contribution in [0.15, 0.2) is 47.1 Å². The number of ether oxygens (including phenoxy) is 1. The van der Waals surface area contributed by atoms with Crippen LogP contribution < -0.4 is 10.2 Å². The number of halogens is 1. The van der Waals surface area contributed by atoms with Crippen molar-refractivity contribution in [1.29, 1.82) is 0 Å². The Kier molecular flexibility index (Phi) is 5.43. The maximum absolute atomic E-state index is 12.9. The van der Waals surface area contributed by atoms with Crippen LogP contribution in [0.3, 0.4) is 0 Å². The molecule has 1 saturated heterocycles. The number of rotatable bonds is 4. The van der Waals surface area contributed by atoms with E-state index in [9.17, 15) is 4.79 Å². The number of nitrogens with one attached hydrogen (secondary N) is 1. The van der Waals surface area contributed by atoms with Crippen molar-refractivity contribution >= 4 is 27.7 Å². The van der Waals surface area contributed by atoms with Gasteiger partial charge in [-0.05, 0) is 62.9 Å². The number of anilines is 1. The molecule has 1 aliphatic carbocycles. The van der Waals surface area contributed by atoms with E-state index in [1.54, 1.807) is 6.20 Å². The predicted octanol–water partition coefficient (Wildman–Crippen LogP) is 4.27. The summed E-state index contributed by atoms with van der Waals surface area (Å²) in [4.78, 5) is 19.7. The summed E-state index contributed by atoms with van der Waals surface area (Å²) in [7, 11) is 0. The van der Waals surface area contributed by atoms with Crippen LogP contribution in [0.4, 0.5) is 5.82 Å². The van der Waals surface area contributed by atoms with Crippen molar-refractivity contribution in [2.45, 2.75) is 50.9 Å². The Bertz CT molecular complexity index is 824. The highest BCUT2D eigenvalue weighted by Crippen LogP contribution is 2.41. The minimum Gasteiger partial charge on any atom is -0.372 e. The minimum absolute atomic E-state index is 0.0645. The third kappa shape index (κ3) is 3.94. The van der Waals surface area contributed by atoms with E-state index >= 15 is 0 Å². The monoisotopic (exact) mass is 443 g/mol. The van der Waals surface area contributed by atoms with Crippen molar-refractivity contribution < 1.29 is 9.53 Å². The zero-order valence-corrected chi connectivity index (χ0v) is 17.9. The van der Waals surface area contributed by atoms with Gasteiger partial charge < -0.3 is 15.0 Å². The topological polar surface area (TPSA) is 54.5 Å². The number of hydrogen-bond acceptors (Lipinski definition) is 4. The van der Waals surface area contributed by atoms with Crippen molar-refractivity contribution in [3.63, 3.8) is 0 Å². The number of nitrogens with zero attached hydrogens (tertiary/aromatic N) is 2. The first-order chi connectivity index (χ1) is 13.4. The molecule has 0 spiro atoms. The van der Waals surface area contributed by atoms with E-state index in [4.69, 9.17) is 4.74 Å². The summed E-state index contributed by atoms with van der Waals surface area (Å²) >= 11 is 3.48. The zero-order valence-electron chi connectivity index (χ0n) is 16.3. The second kappa shape index (κ2) is 7.84. The quantitative estimate of drug-likeness (QED) is 0.766. The molecule has 6 heteroatoms. The average molecular weight is 444 g/mol. The second-order valence-electron chi connectivity index (χ2n) is 7.96. The van der Waals surface area contributed by atoms with E-state index in [1.165, 1.54) is 0 Å². The Morgan fingerprint density at radius 2 is 1.82 bits per heavy atom. The van der Waals surface area contributed by atoms with Crippen LogP contribution in [0.2, 0.25) is 0 Å². The van der Waals surface area contributed by atoms with Crippen LogP contribution in [0.1, 0.15) is 49.0 Å². The van der Waals surface area contributed by atoms with E-state index in [1.807, 2.05) is 24.3 Å². The van der Waals surface area contributed by atoms with Gasteiger partial charge in [0.2, 0.25) is 0 Å². The van der Waals surface area contributed by atoms with Gasteiger partial charge in [0, 0.05) is 23.8 Å². The number of amides is 1. The van der Waals surface area contributed by atoms with E-state index in [0.29, 0.717) is 5.56 Å². The predicted molar refractivity (Wildman–Crippen MR) is 114 cm³/mol. The van der Waals surface area contributed by atoms with Gasteiger partial charge in [0.1, 0.15) is 5.82 Å². The van der Waals surface area contributed by atoms with Crippen LogP contribution in [0.25, 0.3) is 0 Å². The van der Waals surface area contributed by atoms with Crippen LogP contribution in [0, 0.1) is 0 Å². The molecule has 1 amide bonds. The molecule has 2 fully saturated rings. The molecule has 0 bridgehead atoms. The highest BCUT2D eigenvalue weighted by molar-refractivity contribution is 9.10. The summed E-state index contributed by atoms with van der Waals surface area (Å²) in [6.07, 6.45) is 5.10. The Labute approximate surface area is 174 Å². The van der Waals surface area contributed by atoms with Gasteiger partial charge in [-0.2, -0.15) is 0 Å². The Morgan fingerprint density at radius 1 is 1.14 bits per heavy atom. The molecule has 4 rings (SSSR count). The third-order valence-corrected chi connectivity index (χ3v) is 6.24. The Hall–Kier alpha value is -1.92. The smallest absolute Gasteiger partial charge is 0.253 e. The molecule has 1 N–H and O–H groups in total. The van der Waals surface area contributed by atoms with E-state index in [-0.39, 0.29) is 23.7 Å². The maximum Gasteiger partial charge on any atom is 0.253 e. The van der Waals surface area contributed by atoms with Crippen LogP contribution >= 0.6 is 15.9 Å². The minimum atomic E-state index is -0.258. The largest absolute Gasteiger partial charge is 0.372 e. The molecular formula is C22H26BrN3O2. The highest BCUT2D eigenvalue weighted by atomic mass is 79.9. The Morgan fingerprint density at radius 3 is 2.36 bits per heavy atom. The summed E-state index contributed by atoms with van der Waals surface area (Å²) in [5, 5.41) is 3.27. The van der Waals surface area contributed by atoms with Crippen LogP contribution in [0.5, 0.6) is 0 Å². The lowest BCUT2D eigenvalue weighted by Gasteiger charge is -2.43. The van der Waals surface area contributed by atoms with Gasteiger partial charge in [0.15, 0.2) is 0 Å². The summed E-state index contributed by atoms with van der Waals surface area (Å²) in [6, 6.07) is 12.0. The standard InChI is InChI=1S/C22H26BrN3O2/c1-15-13-26(14-16(2)28-15)20-9-4-17(12-24-20)21(27)25-22(10-3-11-22)18-5-7-19(23)8-6-18/h4-9,12,15-16H,3,10-11,13-14H2,1-2H3,(H,25,27)/t15-,16+. The summed E-state index contributed by atoms with van der Waals surface area (Å²) in [5.41, 5.74) is 1.50. The molecule has 1 aromatic heterocycles. The molecule has 5 nitrogen and oxygen atoms in total. The van der Waals surface area contributed by atoms with Gasteiger partial charge in [-0.15, -0.1) is 0 Å². The molecule has 1 saturated carbocycles. The van der Waals surface area contributed by atoms with Crippen molar-refractivity contribution in [1.82, 2.24) is 10.3 Å². The molecule has 0 unspecified atom stereocenters. The molecule has 0 radical (unpaired) electrons. The Balaban J connectivity index is 1.47. The molecule has 2 aliphatic rings. The normalized spacial score (nSPS) is 23.8. The van der Waals surface area contributed by atoms with Crippen molar-refractivity contribution in [3.8, 4) is 0 Å². The molecule has 1 aliphatic heterocycles. The van der Waals surface area contributed by atoms with Crippen molar-refractivity contribution in [2.24, 2.45) is 0 Å². The van der Waals surface area contributed by atoms with E-state index < -0.39 is 0 Å². The van der Waals surface area contributed by atoms with Gasteiger partial charge in [-0.3, -0.25) is 4.79 Å². The summed E-state index contributed by atoms with van der Waals surface area (Å²) in [5.74, 6) is 0.829. The SMILES string of the molecule is C[C@@H]1CN(c2ccc(C(=O)NC3(c4ccc(Br)cc4)CCC3)cn2)C[C@H](C)O1. The summed E-state index contributed by atoms with van der Waals surface area (Å²) in [6.45, 7) is 5.78. The first-order valence-electron chi connectivity index (χ1n) is 9.90. The van der Waals surface area contributed by atoms with E-state index in [2.05, 4.69) is 57.1 Å². The lowest BCUT2D eigenvalue weighted by molar-refractivity contribution is -0.00546. The number of morpholine rings is 1. The number of hydrogen-bond donors (Lipinski definition) is 1. The van der Waals surface area contributed by atoms with Gasteiger partial charge in [-0.25, -0.2) is 4.98 Å². The fraction of sp³-hybridized carbons (Fsp3) is 0.455. The van der Waals surface area contributed by atoms with Crippen LogP contribution in [-0.2, 0) is 10.3 Å². The molecule has 2 heterocycles. The van der Waals surface area contributed by atoms with Crippen molar-refractivity contribution in [3.05, 3.63) is 58.2 Å². The highest BCUT2D eigenvalue weighted by Gasteiger charge is 2.40. The van der Waals surface area contributed by atoms with Crippen LogP contribution in [-0.4, -0.2) is 36.2 Å². The first-order valence-corrected chi connectivity index (χ1v) is 10.7. The lowest BCUT2D eigenvalue weighted by Crippen LogP contribution is -2.50. The fourth-order valence-corrected chi connectivity index (χ4v) is 4.41. The molecule has 2 aromatic rings. The first kappa shape index (κ1) is 19.4. The lowest BCUT2D eigenvalue weighted by atomic mass is 9.71. The van der Waals surface area contributed by atoms with Gasteiger partial charge in [0.25, 0.3) is 5.91 Å². The average Bonchev–Trinajstić information content (AvgIpc) is 2.65. The van der Waals surface area contributed by atoms with Gasteiger partial charge in [-0.1, -0.05) is 28.1 Å². The third-order valence-electron chi connectivity index (χ3n) is 5.71. The number of carbonyl (C=O) groups excluding carboxylic acids is 1. The maximum atomic E-state index is 12.9. The number of aromatic nitrogens is 1. The number of pyridine rings is 1. The van der Waals surface area contributed by atoms with Crippen molar-refractivity contribution in [2.75, 3.05) is 18.0 Å². The van der Waals surface area contributed by atoms with Gasteiger partial charge in [0.05, 0.1) is 23.3 Å². The second-order valence-corrected chi connectivity index (χ2v) is 8.88. The summed E-state index contributed by atoms with van der Waals surface area (Å²) < 4.78 is 6.83. The van der Waals surface area contributed by atoms with Gasteiger partial charge >= 0.3 is 0 Å².